The molecule has 0 aliphatic carbocycles. The van der Waals surface area contributed by atoms with E-state index in [2.05, 4.69) is 5.32 Å². The van der Waals surface area contributed by atoms with Crippen molar-refractivity contribution in [2.24, 2.45) is 0 Å². The number of halogens is 1. The molecule has 1 aromatic rings. The van der Waals surface area contributed by atoms with E-state index in [1.54, 1.807) is 24.3 Å². The Hall–Kier alpha value is -2.14. The number of para-hydroxylation sites is 1. The fourth-order valence-corrected chi connectivity index (χ4v) is 1.69. The Morgan fingerprint density at radius 3 is 2.44 bits per heavy atom. The van der Waals surface area contributed by atoms with Gasteiger partial charge in [-0.05, 0) is 12.1 Å². The second kappa shape index (κ2) is 5.01. The highest BCUT2D eigenvalue weighted by Gasteiger charge is 2.31. The van der Waals surface area contributed by atoms with Gasteiger partial charge in [-0.3, -0.25) is 19.3 Å². The van der Waals surface area contributed by atoms with E-state index in [9.17, 15) is 14.4 Å². The lowest BCUT2D eigenvalue weighted by Crippen LogP contribution is -2.37. The highest BCUT2D eigenvalue weighted by molar-refractivity contribution is 6.47. The van der Waals surface area contributed by atoms with Crippen LogP contribution in [0.25, 0.3) is 0 Å². The molecule has 2 rings (SSSR count). The van der Waals surface area contributed by atoms with Gasteiger partial charge in [0.25, 0.3) is 11.8 Å². The molecule has 1 heterocycles. The summed E-state index contributed by atoms with van der Waals surface area (Å²) in [5, 5.41) is 2.40. The summed E-state index contributed by atoms with van der Waals surface area (Å²) < 4.78 is 0. The van der Waals surface area contributed by atoms with Crippen LogP contribution in [0.4, 0.5) is 5.69 Å². The Labute approximate surface area is 108 Å². The summed E-state index contributed by atoms with van der Waals surface area (Å²) in [4.78, 5) is 35.2. The van der Waals surface area contributed by atoms with Gasteiger partial charge >= 0.3 is 0 Å². The minimum absolute atomic E-state index is 0.174. The van der Waals surface area contributed by atoms with Crippen molar-refractivity contribution >= 4 is 35.0 Å². The fraction of sp³-hybridized carbons (Fsp3) is 0.0833. The Morgan fingerprint density at radius 1 is 1.22 bits per heavy atom. The quantitative estimate of drug-likeness (QED) is 0.832. The maximum Gasteiger partial charge on any atom is 0.272 e. The fourth-order valence-electron chi connectivity index (χ4n) is 1.49. The van der Waals surface area contributed by atoms with Crippen molar-refractivity contribution in [3.63, 3.8) is 0 Å². The van der Waals surface area contributed by atoms with Crippen LogP contribution in [-0.4, -0.2) is 29.2 Å². The first-order valence-corrected chi connectivity index (χ1v) is 5.53. The van der Waals surface area contributed by atoms with Gasteiger partial charge in [0.1, 0.15) is 11.6 Å². The van der Waals surface area contributed by atoms with E-state index in [1.165, 1.54) is 0 Å². The summed E-state index contributed by atoms with van der Waals surface area (Å²) in [6, 6.07) is 8.75. The minimum atomic E-state index is -0.648. The second-order valence-electron chi connectivity index (χ2n) is 3.64. The zero-order valence-corrected chi connectivity index (χ0v) is 9.98. The monoisotopic (exact) mass is 264 g/mol. The van der Waals surface area contributed by atoms with Gasteiger partial charge in [-0.1, -0.05) is 29.8 Å². The highest BCUT2D eigenvalue weighted by atomic mass is 35.5. The van der Waals surface area contributed by atoms with E-state index in [0.717, 1.165) is 11.0 Å². The molecule has 0 saturated heterocycles. The van der Waals surface area contributed by atoms with E-state index in [0.29, 0.717) is 5.69 Å². The zero-order valence-electron chi connectivity index (χ0n) is 9.22. The third-order valence-electron chi connectivity index (χ3n) is 2.32. The lowest BCUT2D eigenvalue weighted by molar-refractivity contribution is -0.140. The van der Waals surface area contributed by atoms with Crippen LogP contribution in [0.1, 0.15) is 0 Å². The van der Waals surface area contributed by atoms with Crippen LogP contribution in [0.2, 0.25) is 0 Å². The molecule has 0 aromatic heterocycles. The summed E-state index contributed by atoms with van der Waals surface area (Å²) >= 11 is 5.51. The van der Waals surface area contributed by atoms with Crippen molar-refractivity contribution in [2.45, 2.75) is 0 Å². The first-order valence-electron chi connectivity index (χ1n) is 5.16. The normalized spacial score (nSPS) is 14.7. The first-order chi connectivity index (χ1) is 8.58. The van der Waals surface area contributed by atoms with E-state index in [-0.39, 0.29) is 11.6 Å². The largest absolute Gasteiger partial charge is 0.325 e. The van der Waals surface area contributed by atoms with Crippen molar-refractivity contribution in [1.82, 2.24) is 4.90 Å². The molecule has 1 N–H and O–H groups in total. The van der Waals surface area contributed by atoms with Gasteiger partial charge < -0.3 is 5.32 Å². The number of imide groups is 1. The summed E-state index contributed by atoms with van der Waals surface area (Å²) in [6.07, 6.45) is 1.000. The Bertz CT molecular complexity index is 540. The van der Waals surface area contributed by atoms with Gasteiger partial charge in [-0.15, -0.1) is 0 Å². The van der Waals surface area contributed by atoms with Crippen molar-refractivity contribution in [2.75, 3.05) is 11.9 Å². The molecule has 0 spiro atoms. The molecular formula is C12H9ClN2O3. The van der Waals surface area contributed by atoms with Crippen molar-refractivity contribution in [3.8, 4) is 0 Å². The molecule has 1 aliphatic rings. The standard InChI is InChI=1S/C12H9ClN2O3/c13-9-6-11(17)15(12(9)18)7-10(16)14-8-4-2-1-3-5-8/h1-6H,7H2,(H,14,16). The molecule has 0 radical (unpaired) electrons. The van der Waals surface area contributed by atoms with Crippen molar-refractivity contribution in [3.05, 3.63) is 41.4 Å². The lowest BCUT2D eigenvalue weighted by atomic mass is 10.3. The van der Waals surface area contributed by atoms with Crippen molar-refractivity contribution < 1.29 is 14.4 Å². The molecule has 3 amide bonds. The van der Waals surface area contributed by atoms with Gasteiger partial charge in [0.05, 0.1) is 0 Å². The van der Waals surface area contributed by atoms with Gasteiger partial charge in [0, 0.05) is 11.8 Å². The highest BCUT2D eigenvalue weighted by Crippen LogP contribution is 2.16. The SMILES string of the molecule is O=C(CN1C(=O)C=C(Cl)C1=O)Nc1ccccc1. The van der Waals surface area contributed by atoms with Crippen LogP contribution in [0.5, 0.6) is 0 Å². The Balaban J connectivity index is 1.97. The maximum absolute atomic E-state index is 11.6. The van der Waals surface area contributed by atoms with Crippen LogP contribution < -0.4 is 5.32 Å². The Kier molecular flexibility index (Phi) is 3.43. The number of amides is 3. The number of hydrogen-bond donors (Lipinski definition) is 1. The van der Waals surface area contributed by atoms with Gasteiger partial charge in [0.2, 0.25) is 5.91 Å². The summed E-state index contributed by atoms with van der Waals surface area (Å²) in [5.41, 5.74) is 0.598. The molecule has 0 saturated carbocycles. The van der Waals surface area contributed by atoms with E-state index < -0.39 is 17.7 Å². The maximum atomic E-state index is 11.6. The van der Waals surface area contributed by atoms with Gasteiger partial charge in [0.15, 0.2) is 0 Å². The van der Waals surface area contributed by atoms with E-state index in [1.807, 2.05) is 6.07 Å². The molecular weight excluding hydrogens is 256 g/mol. The number of anilines is 1. The number of nitrogens with one attached hydrogen (secondary N) is 1. The predicted molar refractivity (Wildman–Crippen MR) is 65.7 cm³/mol. The van der Waals surface area contributed by atoms with E-state index in [4.69, 9.17) is 11.6 Å². The molecule has 92 valence electrons. The number of rotatable bonds is 3. The molecule has 1 aliphatic heterocycles. The molecule has 0 bridgehead atoms. The third-order valence-corrected chi connectivity index (χ3v) is 2.60. The molecule has 1 aromatic carbocycles. The van der Waals surface area contributed by atoms with Crippen LogP contribution in [0.3, 0.4) is 0 Å². The van der Waals surface area contributed by atoms with Crippen LogP contribution in [-0.2, 0) is 14.4 Å². The number of carbonyl (C=O) groups excluding carboxylic acids is 3. The molecule has 6 heteroatoms. The number of nitrogens with zero attached hydrogens (tertiary/aromatic N) is 1. The van der Waals surface area contributed by atoms with Crippen LogP contribution in [0.15, 0.2) is 41.4 Å². The zero-order chi connectivity index (χ0) is 13.1. The molecule has 5 nitrogen and oxygen atoms in total. The number of carbonyl (C=O) groups is 3. The summed E-state index contributed by atoms with van der Waals surface area (Å²) in [7, 11) is 0. The van der Waals surface area contributed by atoms with Crippen molar-refractivity contribution in [1.29, 1.82) is 0 Å². The number of hydrogen-bond acceptors (Lipinski definition) is 3. The minimum Gasteiger partial charge on any atom is -0.325 e. The second-order valence-corrected chi connectivity index (χ2v) is 4.04. The van der Waals surface area contributed by atoms with Gasteiger partial charge in [-0.2, -0.15) is 0 Å². The average molecular weight is 265 g/mol. The molecule has 18 heavy (non-hydrogen) atoms. The predicted octanol–water partition coefficient (Wildman–Crippen LogP) is 1.12. The smallest absolute Gasteiger partial charge is 0.272 e. The Morgan fingerprint density at radius 2 is 1.89 bits per heavy atom. The molecule has 0 fully saturated rings. The van der Waals surface area contributed by atoms with Crippen LogP contribution >= 0.6 is 11.6 Å². The first kappa shape index (κ1) is 12.3. The molecule has 0 unspecified atom stereocenters. The summed E-state index contributed by atoms with van der Waals surface area (Å²) in [5.74, 6) is -1.68. The molecule has 0 atom stereocenters. The van der Waals surface area contributed by atoms with Gasteiger partial charge in [-0.25, -0.2) is 0 Å². The lowest BCUT2D eigenvalue weighted by Gasteiger charge is -2.13. The van der Waals surface area contributed by atoms with Crippen LogP contribution in [0, 0.1) is 0 Å². The average Bonchev–Trinajstić information content (AvgIpc) is 2.57. The van der Waals surface area contributed by atoms with E-state index >= 15 is 0 Å². The summed E-state index contributed by atoms with van der Waals surface area (Å²) in [6.45, 7) is -0.348. The topological polar surface area (TPSA) is 66.5 Å². The third kappa shape index (κ3) is 2.57. The number of benzene rings is 1.